The van der Waals surface area contributed by atoms with Gasteiger partial charge in [0.1, 0.15) is 17.2 Å². The number of hydrogen-bond donors (Lipinski definition) is 1. The number of benzene rings is 8. The minimum atomic E-state index is -0.950. The van der Waals surface area contributed by atoms with Crippen molar-refractivity contribution in [2.24, 2.45) is 5.92 Å². The van der Waals surface area contributed by atoms with Gasteiger partial charge in [-0.2, -0.15) is 0 Å². The SMILES string of the molecule is CCCCCC1CCC(c2ccc(C(=O)Nc3ccc(-c4ccc(N5Cc6c(c(C)cc7c6-c6c(c8c(c9ccccc69)OC(c6ccc(OC)cc6)(c6ccc(OCCCC)cc6)C=C8)C7(C)C)C5=O)cc4)cc3)cc2)CC1. The number of fused-ring (bicyclic) bond motifs is 10. The first-order chi connectivity index (χ1) is 38.5. The number of methoxy groups -OCH3 is 1. The highest BCUT2D eigenvalue weighted by Gasteiger charge is 2.47. The van der Waals surface area contributed by atoms with Crippen LogP contribution in [0.4, 0.5) is 11.4 Å². The molecule has 1 saturated carbocycles. The summed E-state index contributed by atoms with van der Waals surface area (Å²) < 4.78 is 19.3. The minimum Gasteiger partial charge on any atom is -0.497 e. The van der Waals surface area contributed by atoms with E-state index in [0.717, 1.165) is 108 Å². The Hall–Kier alpha value is -7.90. The van der Waals surface area contributed by atoms with Gasteiger partial charge in [0.15, 0.2) is 5.60 Å². The highest BCUT2D eigenvalue weighted by molar-refractivity contribution is 6.16. The summed E-state index contributed by atoms with van der Waals surface area (Å²) in [6, 6.07) is 52.0. The van der Waals surface area contributed by atoms with Gasteiger partial charge in [0.2, 0.25) is 0 Å². The summed E-state index contributed by atoms with van der Waals surface area (Å²) in [4.78, 5) is 30.1. The number of ether oxygens (including phenoxy) is 3. The van der Waals surface area contributed by atoms with Gasteiger partial charge in [0.25, 0.3) is 11.8 Å². The van der Waals surface area contributed by atoms with Crippen molar-refractivity contribution in [2.75, 3.05) is 23.9 Å². The highest BCUT2D eigenvalue weighted by atomic mass is 16.5. The molecule has 12 rings (SSSR count). The molecule has 400 valence electrons. The van der Waals surface area contributed by atoms with Crippen LogP contribution in [0.15, 0.2) is 158 Å². The number of aryl methyl sites for hydroxylation is 1. The maximum atomic E-state index is 14.8. The molecule has 0 radical (unpaired) electrons. The Kier molecular flexibility index (Phi) is 14.0. The normalized spacial score (nSPS) is 18.6. The average Bonchev–Trinajstić information content (AvgIpc) is 3.78. The molecule has 79 heavy (non-hydrogen) atoms. The van der Waals surface area contributed by atoms with Crippen molar-refractivity contribution in [1.29, 1.82) is 0 Å². The smallest absolute Gasteiger partial charge is 0.259 e. The van der Waals surface area contributed by atoms with E-state index in [1.54, 1.807) is 7.11 Å². The van der Waals surface area contributed by atoms with Crippen molar-refractivity contribution in [3.8, 4) is 39.5 Å². The number of nitrogens with one attached hydrogen (secondary N) is 1. The Balaban J connectivity index is 0.799. The van der Waals surface area contributed by atoms with Gasteiger partial charge in [0, 0.05) is 50.0 Å². The van der Waals surface area contributed by atoms with E-state index >= 15 is 0 Å². The fraction of sp³-hybridized carbons (Fsp3) is 0.306. The van der Waals surface area contributed by atoms with Crippen LogP contribution in [-0.4, -0.2) is 25.5 Å². The second kappa shape index (κ2) is 21.4. The lowest BCUT2D eigenvalue weighted by Crippen LogP contribution is -2.35. The van der Waals surface area contributed by atoms with Crippen LogP contribution in [0.5, 0.6) is 17.2 Å². The van der Waals surface area contributed by atoms with Crippen LogP contribution in [0.2, 0.25) is 0 Å². The molecule has 0 aromatic heterocycles. The maximum absolute atomic E-state index is 14.8. The Bertz CT molecular complexity index is 3610. The van der Waals surface area contributed by atoms with Crippen molar-refractivity contribution in [2.45, 2.75) is 122 Å². The van der Waals surface area contributed by atoms with E-state index in [0.29, 0.717) is 24.6 Å². The number of carbonyl (C=O) groups is 2. The van der Waals surface area contributed by atoms with Crippen LogP contribution in [0.1, 0.15) is 163 Å². The van der Waals surface area contributed by atoms with Crippen molar-refractivity contribution >= 4 is 40.0 Å². The molecule has 1 N–H and O–H groups in total. The molecule has 1 atom stereocenters. The van der Waals surface area contributed by atoms with Gasteiger partial charge < -0.3 is 24.4 Å². The molecule has 0 bridgehead atoms. The Morgan fingerprint density at radius 1 is 0.709 bits per heavy atom. The number of unbranched alkanes of at least 4 members (excludes halogenated alkanes) is 3. The first-order valence-corrected chi connectivity index (χ1v) is 29.0. The largest absolute Gasteiger partial charge is 0.497 e. The van der Waals surface area contributed by atoms with Crippen LogP contribution in [0.3, 0.4) is 0 Å². The molecule has 2 aliphatic carbocycles. The fourth-order valence-electron chi connectivity index (χ4n) is 13.4. The third-order valence-corrected chi connectivity index (χ3v) is 17.8. The molecule has 0 saturated heterocycles. The van der Waals surface area contributed by atoms with Gasteiger partial charge >= 0.3 is 0 Å². The standard InChI is InChI=1S/C72H72N2O5/c1-7-9-11-14-47-17-19-48(20-18-47)49-21-23-52(24-22-49)69(75)73-55-33-25-50(26-34-55)51-27-35-56(36-28-51)74-45-62-64(70(74)76)46(3)44-63-65(62)66-59-15-12-13-16-60(59)68-61(67(66)71(63,4)5)41-42-72(79-68,53-29-37-57(77-6)38-30-53)54-31-39-58(40-32-54)78-43-10-8-2/h12-13,15-16,21-42,44,47-48H,7-11,14,17-20,43,45H2,1-6H3,(H,73,75). The fourth-order valence-corrected chi connectivity index (χ4v) is 13.4. The Labute approximate surface area is 466 Å². The summed E-state index contributed by atoms with van der Waals surface area (Å²) in [5, 5.41) is 5.23. The maximum Gasteiger partial charge on any atom is 0.259 e. The van der Waals surface area contributed by atoms with Gasteiger partial charge in [-0.1, -0.05) is 157 Å². The molecule has 4 aliphatic rings. The molecule has 2 aliphatic heterocycles. The van der Waals surface area contributed by atoms with Crippen molar-refractivity contribution in [3.05, 3.63) is 213 Å². The van der Waals surface area contributed by atoms with Crippen LogP contribution >= 0.6 is 0 Å². The lowest BCUT2D eigenvalue weighted by Gasteiger charge is -2.38. The van der Waals surface area contributed by atoms with Crippen molar-refractivity contribution < 1.29 is 23.8 Å². The number of anilines is 2. The lowest BCUT2D eigenvalue weighted by atomic mass is 9.76. The molecule has 1 fully saturated rings. The zero-order valence-electron chi connectivity index (χ0n) is 46.7. The third-order valence-electron chi connectivity index (χ3n) is 17.8. The van der Waals surface area contributed by atoms with Gasteiger partial charge in [-0.15, -0.1) is 0 Å². The van der Waals surface area contributed by atoms with Crippen molar-refractivity contribution in [1.82, 2.24) is 0 Å². The molecule has 0 spiro atoms. The zero-order chi connectivity index (χ0) is 54.4. The van der Waals surface area contributed by atoms with E-state index in [1.165, 1.54) is 73.6 Å². The summed E-state index contributed by atoms with van der Waals surface area (Å²) >= 11 is 0. The van der Waals surface area contributed by atoms with E-state index in [-0.39, 0.29) is 11.8 Å². The first-order valence-electron chi connectivity index (χ1n) is 29.0. The highest BCUT2D eigenvalue weighted by Crippen LogP contribution is 2.60. The van der Waals surface area contributed by atoms with Crippen LogP contribution in [0, 0.1) is 12.8 Å². The summed E-state index contributed by atoms with van der Waals surface area (Å²) in [6.45, 7) is 12.3. The topological polar surface area (TPSA) is 77.1 Å². The van der Waals surface area contributed by atoms with Gasteiger partial charge in [-0.05, 0) is 173 Å². The molecule has 7 nitrogen and oxygen atoms in total. The molecule has 8 aromatic carbocycles. The zero-order valence-corrected chi connectivity index (χ0v) is 46.7. The molecular weight excluding hydrogens is 973 g/mol. The summed E-state index contributed by atoms with van der Waals surface area (Å²) in [5.74, 6) is 3.83. The molecule has 2 amide bonds. The quantitative estimate of drug-likeness (QED) is 0.0976. The van der Waals surface area contributed by atoms with E-state index in [1.807, 2.05) is 65.6 Å². The number of amides is 2. The van der Waals surface area contributed by atoms with Crippen LogP contribution in [0.25, 0.3) is 39.1 Å². The molecule has 1 unspecified atom stereocenters. The van der Waals surface area contributed by atoms with E-state index in [2.05, 4.69) is 143 Å². The average molecular weight is 1050 g/mol. The number of nitrogens with zero attached hydrogens (tertiary/aromatic N) is 1. The summed E-state index contributed by atoms with van der Waals surface area (Å²) in [5.41, 5.74) is 14.9. The number of rotatable bonds is 16. The van der Waals surface area contributed by atoms with Gasteiger partial charge in [0.05, 0.1) is 20.3 Å². The van der Waals surface area contributed by atoms with E-state index < -0.39 is 11.0 Å². The van der Waals surface area contributed by atoms with Gasteiger partial charge in [-0.3, -0.25) is 9.59 Å². The number of carbonyl (C=O) groups excluding carboxylic acids is 2. The summed E-state index contributed by atoms with van der Waals surface area (Å²) in [7, 11) is 1.69. The van der Waals surface area contributed by atoms with Crippen molar-refractivity contribution in [3.63, 3.8) is 0 Å². The lowest BCUT2D eigenvalue weighted by molar-refractivity contribution is 0.0994. The Morgan fingerprint density at radius 2 is 1.35 bits per heavy atom. The molecule has 7 heteroatoms. The van der Waals surface area contributed by atoms with Crippen LogP contribution in [-0.2, 0) is 17.6 Å². The second-order valence-electron chi connectivity index (χ2n) is 23.1. The predicted molar refractivity (Wildman–Crippen MR) is 322 cm³/mol. The summed E-state index contributed by atoms with van der Waals surface area (Å²) in [6.07, 6.45) is 17.1. The predicted octanol–water partition coefficient (Wildman–Crippen LogP) is 17.9. The third kappa shape index (κ3) is 9.39. The second-order valence-corrected chi connectivity index (χ2v) is 23.1. The van der Waals surface area contributed by atoms with Gasteiger partial charge in [-0.25, -0.2) is 0 Å². The van der Waals surface area contributed by atoms with E-state index in [4.69, 9.17) is 14.2 Å². The van der Waals surface area contributed by atoms with E-state index in [9.17, 15) is 9.59 Å². The molecule has 8 aromatic rings. The Morgan fingerprint density at radius 3 is 2.01 bits per heavy atom. The van der Waals surface area contributed by atoms with Crippen LogP contribution < -0.4 is 24.4 Å². The minimum absolute atomic E-state index is 0.0147. The number of hydrogen-bond acceptors (Lipinski definition) is 5. The monoisotopic (exact) mass is 1040 g/mol. The molecule has 2 heterocycles. The molecular formula is C72H72N2O5. The first kappa shape index (κ1) is 51.8.